The van der Waals surface area contributed by atoms with Gasteiger partial charge in [0.15, 0.2) is 0 Å². The van der Waals surface area contributed by atoms with Gasteiger partial charge in [-0.15, -0.1) is 0 Å². The van der Waals surface area contributed by atoms with Crippen molar-refractivity contribution in [3.05, 3.63) is 69.9 Å². The topological polar surface area (TPSA) is 58.0 Å². The molecule has 21 heavy (non-hydrogen) atoms. The van der Waals surface area contributed by atoms with Crippen LogP contribution in [0.4, 0.5) is 0 Å². The first kappa shape index (κ1) is 13.6. The smallest absolute Gasteiger partial charge is 0.252 e. The van der Waals surface area contributed by atoms with Gasteiger partial charge < -0.3 is 14.7 Å². The van der Waals surface area contributed by atoms with Gasteiger partial charge in [-0.05, 0) is 47.7 Å². The number of hydrogen-bond donors (Lipinski definition) is 2. The van der Waals surface area contributed by atoms with E-state index in [1.54, 1.807) is 6.26 Å². The lowest BCUT2D eigenvalue weighted by Gasteiger charge is -2.06. The molecule has 4 heteroatoms. The molecule has 2 N–H and O–H groups in total. The van der Waals surface area contributed by atoms with Crippen LogP contribution in [0.15, 0.2) is 51.9 Å². The zero-order valence-electron chi connectivity index (χ0n) is 12.0. The van der Waals surface area contributed by atoms with Gasteiger partial charge in [0.1, 0.15) is 5.76 Å². The molecule has 0 spiro atoms. The number of benzene rings is 1. The summed E-state index contributed by atoms with van der Waals surface area (Å²) in [7, 11) is 0. The summed E-state index contributed by atoms with van der Waals surface area (Å²) in [6.45, 7) is 3.25. The van der Waals surface area contributed by atoms with Crippen molar-refractivity contribution in [1.29, 1.82) is 0 Å². The molecular weight excluding hydrogens is 264 g/mol. The van der Waals surface area contributed by atoms with Crippen LogP contribution in [0.2, 0.25) is 0 Å². The molecule has 1 aromatic carbocycles. The van der Waals surface area contributed by atoms with Crippen LogP contribution in [0.3, 0.4) is 0 Å². The average Bonchev–Trinajstić information content (AvgIpc) is 3.00. The number of aromatic amines is 1. The molecule has 0 aliphatic rings. The highest BCUT2D eigenvalue weighted by molar-refractivity contribution is 5.79. The van der Waals surface area contributed by atoms with E-state index < -0.39 is 0 Å². The molecule has 108 valence electrons. The summed E-state index contributed by atoms with van der Waals surface area (Å²) in [5.74, 6) is 0.862. The van der Waals surface area contributed by atoms with E-state index >= 15 is 0 Å². The Balaban J connectivity index is 1.80. The molecular formula is C17H18N2O2. The fourth-order valence-electron chi connectivity index (χ4n) is 2.39. The van der Waals surface area contributed by atoms with Gasteiger partial charge in [0, 0.05) is 17.6 Å². The molecule has 3 rings (SSSR count). The third-order valence-corrected chi connectivity index (χ3v) is 3.59. The minimum Gasteiger partial charge on any atom is -0.468 e. The van der Waals surface area contributed by atoms with E-state index in [9.17, 15) is 4.79 Å². The van der Waals surface area contributed by atoms with Gasteiger partial charge in [0.2, 0.25) is 0 Å². The zero-order chi connectivity index (χ0) is 14.7. The molecule has 0 saturated carbocycles. The first-order valence-corrected chi connectivity index (χ1v) is 7.14. The maximum atomic E-state index is 12.1. The van der Waals surface area contributed by atoms with E-state index in [1.807, 2.05) is 30.3 Å². The van der Waals surface area contributed by atoms with Crippen molar-refractivity contribution in [2.75, 3.05) is 0 Å². The van der Waals surface area contributed by atoms with Gasteiger partial charge in [-0.2, -0.15) is 0 Å². The van der Waals surface area contributed by atoms with Crippen molar-refractivity contribution in [2.45, 2.75) is 26.4 Å². The lowest BCUT2D eigenvalue weighted by Crippen LogP contribution is -2.20. The number of pyridine rings is 1. The third kappa shape index (κ3) is 3.06. The molecule has 4 nitrogen and oxygen atoms in total. The maximum absolute atomic E-state index is 12.1. The summed E-state index contributed by atoms with van der Waals surface area (Å²) >= 11 is 0. The minimum atomic E-state index is -0.0429. The number of H-pyrrole nitrogens is 1. The summed E-state index contributed by atoms with van der Waals surface area (Å²) in [6.07, 6.45) is 2.63. The Bertz CT molecular complexity index is 788. The Hall–Kier alpha value is -2.33. The summed E-state index contributed by atoms with van der Waals surface area (Å²) < 4.78 is 5.25. The van der Waals surface area contributed by atoms with E-state index in [4.69, 9.17) is 4.42 Å². The normalized spacial score (nSPS) is 11.1. The standard InChI is InChI=1S/C17H18N2O2/c1-2-12-5-6-16-13(8-12)9-14(17(20)19-16)10-18-11-15-4-3-7-21-15/h3-9,18H,2,10-11H2,1H3,(H,19,20). The van der Waals surface area contributed by atoms with Crippen LogP contribution >= 0.6 is 0 Å². The molecule has 0 amide bonds. The number of hydrogen-bond acceptors (Lipinski definition) is 3. The van der Waals surface area contributed by atoms with Gasteiger partial charge >= 0.3 is 0 Å². The Morgan fingerprint density at radius 3 is 2.86 bits per heavy atom. The predicted octanol–water partition coefficient (Wildman–Crippen LogP) is 2.97. The monoisotopic (exact) mass is 282 g/mol. The van der Waals surface area contributed by atoms with Crippen LogP contribution in [0.5, 0.6) is 0 Å². The average molecular weight is 282 g/mol. The van der Waals surface area contributed by atoms with Gasteiger partial charge in [0.25, 0.3) is 5.56 Å². The van der Waals surface area contributed by atoms with Crippen molar-refractivity contribution in [3.8, 4) is 0 Å². The van der Waals surface area contributed by atoms with Crippen LogP contribution in [0, 0.1) is 0 Å². The molecule has 2 heterocycles. The molecule has 0 saturated heterocycles. The van der Waals surface area contributed by atoms with Gasteiger partial charge in [-0.1, -0.05) is 13.0 Å². The van der Waals surface area contributed by atoms with E-state index in [0.29, 0.717) is 13.1 Å². The molecule has 3 aromatic rings. The molecule has 0 fully saturated rings. The number of nitrogens with one attached hydrogen (secondary N) is 2. The Kier molecular flexibility index (Phi) is 3.88. The summed E-state index contributed by atoms with van der Waals surface area (Å²) in [6, 6.07) is 11.9. The molecule has 0 aliphatic heterocycles. The molecule has 0 radical (unpaired) electrons. The Morgan fingerprint density at radius 1 is 1.19 bits per heavy atom. The van der Waals surface area contributed by atoms with Crippen LogP contribution in [0.25, 0.3) is 10.9 Å². The van der Waals surface area contributed by atoms with Crippen LogP contribution in [0.1, 0.15) is 23.8 Å². The SMILES string of the molecule is CCc1ccc2[nH]c(=O)c(CNCc3ccco3)cc2c1. The van der Waals surface area contributed by atoms with E-state index in [-0.39, 0.29) is 5.56 Å². The second kappa shape index (κ2) is 5.97. The van der Waals surface area contributed by atoms with E-state index in [0.717, 1.165) is 28.6 Å². The highest BCUT2D eigenvalue weighted by Gasteiger charge is 2.04. The molecule has 0 atom stereocenters. The number of aromatic nitrogens is 1. The van der Waals surface area contributed by atoms with Crippen molar-refractivity contribution in [1.82, 2.24) is 10.3 Å². The highest BCUT2D eigenvalue weighted by atomic mass is 16.3. The quantitative estimate of drug-likeness (QED) is 0.756. The van der Waals surface area contributed by atoms with Crippen LogP contribution in [-0.2, 0) is 19.5 Å². The summed E-state index contributed by atoms with van der Waals surface area (Å²) in [5.41, 5.74) is 2.84. The van der Waals surface area contributed by atoms with E-state index in [1.165, 1.54) is 5.56 Å². The minimum absolute atomic E-state index is 0.0429. The van der Waals surface area contributed by atoms with Crippen LogP contribution in [-0.4, -0.2) is 4.98 Å². The predicted molar refractivity (Wildman–Crippen MR) is 83.2 cm³/mol. The van der Waals surface area contributed by atoms with Crippen molar-refractivity contribution in [2.24, 2.45) is 0 Å². The van der Waals surface area contributed by atoms with Gasteiger partial charge in [-0.3, -0.25) is 4.79 Å². The van der Waals surface area contributed by atoms with E-state index in [2.05, 4.69) is 23.3 Å². The Labute approximate surface area is 122 Å². The molecule has 0 aliphatic carbocycles. The molecule has 0 unspecified atom stereocenters. The van der Waals surface area contributed by atoms with Crippen molar-refractivity contribution in [3.63, 3.8) is 0 Å². The fourth-order valence-corrected chi connectivity index (χ4v) is 2.39. The molecule has 0 bridgehead atoms. The Morgan fingerprint density at radius 2 is 2.10 bits per heavy atom. The number of furan rings is 1. The lowest BCUT2D eigenvalue weighted by atomic mass is 10.1. The highest BCUT2D eigenvalue weighted by Crippen LogP contribution is 2.14. The van der Waals surface area contributed by atoms with Crippen LogP contribution < -0.4 is 10.9 Å². The second-order valence-corrected chi connectivity index (χ2v) is 5.08. The largest absolute Gasteiger partial charge is 0.468 e. The first-order valence-electron chi connectivity index (χ1n) is 7.14. The number of rotatable bonds is 5. The maximum Gasteiger partial charge on any atom is 0.252 e. The first-order chi connectivity index (χ1) is 10.3. The van der Waals surface area contributed by atoms with Gasteiger partial charge in [0.05, 0.1) is 12.8 Å². The fraction of sp³-hybridized carbons (Fsp3) is 0.235. The van der Waals surface area contributed by atoms with Crippen molar-refractivity contribution < 1.29 is 4.42 Å². The summed E-state index contributed by atoms with van der Waals surface area (Å²) in [5, 5.41) is 4.30. The second-order valence-electron chi connectivity index (χ2n) is 5.08. The third-order valence-electron chi connectivity index (χ3n) is 3.59. The summed E-state index contributed by atoms with van der Waals surface area (Å²) in [4.78, 5) is 15.0. The van der Waals surface area contributed by atoms with Gasteiger partial charge in [-0.25, -0.2) is 0 Å². The lowest BCUT2D eigenvalue weighted by molar-refractivity contribution is 0.482. The zero-order valence-corrected chi connectivity index (χ0v) is 12.0. The van der Waals surface area contributed by atoms with Crippen molar-refractivity contribution >= 4 is 10.9 Å². The number of fused-ring (bicyclic) bond motifs is 1. The number of aryl methyl sites for hydroxylation is 1. The molecule has 2 aromatic heterocycles.